The summed E-state index contributed by atoms with van der Waals surface area (Å²) in [6, 6.07) is 0.221. The second kappa shape index (κ2) is 12.5. The zero-order valence-corrected chi connectivity index (χ0v) is 22.9. The van der Waals surface area contributed by atoms with Crippen molar-refractivity contribution in [1.29, 1.82) is 0 Å². The number of aromatic nitrogens is 3. The number of carbonyl (C=O) groups excluding carboxylic acids is 1. The van der Waals surface area contributed by atoms with E-state index in [0.717, 1.165) is 47.8 Å². The van der Waals surface area contributed by atoms with E-state index in [0.29, 0.717) is 13.1 Å². The highest BCUT2D eigenvalue weighted by Crippen LogP contribution is 2.42. The molecule has 0 radical (unpaired) electrons. The van der Waals surface area contributed by atoms with Gasteiger partial charge in [-0.05, 0) is 31.4 Å². The molecule has 15 heteroatoms. The van der Waals surface area contributed by atoms with Gasteiger partial charge in [0.05, 0.1) is 18.4 Å². The smallest absolute Gasteiger partial charge is 0.238 e. The van der Waals surface area contributed by atoms with Crippen molar-refractivity contribution in [3.63, 3.8) is 0 Å². The summed E-state index contributed by atoms with van der Waals surface area (Å²) in [5.41, 5.74) is -2.83. The lowest BCUT2D eigenvalue weighted by Crippen LogP contribution is -2.59. The van der Waals surface area contributed by atoms with Crippen LogP contribution in [0.15, 0.2) is 18.3 Å². The van der Waals surface area contributed by atoms with Crippen LogP contribution in [-0.2, 0) is 14.3 Å². The van der Waals surface area contributed by atoms with Crippen molar-refractivity contribution in [2.75, 3.05) is 32.9 Å². The van der Waals surface area contributed by atoms with Crippen molar-refractivity contribution in [1.82, 2.24) is 19.9 Å². The third kappa shape index (κ3) is 6.12. The maximum atomic E-state index is 13.8. The zero-order chi connectivity index (χ0) is 29.3. The van der Waals surface area contributed by atoms with Crippen LogP contribution >= 0.6 is 11.8 Å². The average molecular weight is 603 g/mol. The summed E-state index contributed by atoms with van der Waals surface area (Å²) in [5.74, 6) is -4.77. The number of rotatable bonds is 7. The molecule has 226 valence electrons. The summed E-state index contributed by atoms with van der Waals surface area (Å²) in [6.45, 7) is 0.955. The van der Waals surface area contributed by atoms with Gasteiger partial charge in [0.25, 0.3) is 0 Å². The number of aliphatic hydroxyl groups excluding tert-OH is 3. The van der Waals surface area contributed by atoms with Gasteiger partial charge >= 0.3 is 0 Å². The van der Waals surface area contributed by atoms with Gasteiger partial charge in [-0.2, -0.15) is 0 Å². The molecule has 3 aliphatic heterocycles. The van der Waals surface area contributed by atoms with Crippen molar-refractivity contribution in [2.24, 2.45) is 0 Å². The third-order valence-electron chi connectivity index (χ3n) is 7.95. The molecular weight excluding hydrogens is 569 g/mol. The lowest BCUT2D eigenvalue weighted by atomic mass is 9.89. The number of hydrogen-bond donors (Lipinski definition) is 4. The second-order valence-corrected chi connectivity index (χ2v) is 11.9. The molecule has 0 aliphatic carbocycles. The van der Waals surface area contributed by atoms with Gasteiger partial charge in [0, 0.05) is 44.7 Å². The monoisotopic (exact) mass is 602 g/mol. The van der Waals surface area contributed by atoms with E-state index in [4.69, 9.17) is 9.47 Å². The molecular formula is C26H33F3N4O7S. The van der Waals surface area contributed by atoms with E-state index in [2.05, 4.69) is 10.3 Å². The molecule has 4 heterocycles. The Labute approximate surface area is 238 Å². The van der Waals surface area contributed by atoms with Gasteiger partial charge in [0.15, 0.2) is 17.5 Å². The summed E-state index contributed by atoms with van der Waals surface area (Å²) in [5, 5.41) is 50.7. The summed E-state index contributed by atoms with van der Waals surface area (Å²) in [6.07, 6.45) is 0.0600. The predicted molar refractivity (Wildman–Crippen MR) is 139 cm³/mol. The SMILES string of the molecule is O=C([C@H](S[C@@H]1O[C@H](CO)[C@H](O)[C@H](n2cc(-c3cc(F)c(F)c(F)c3)nn2)[C@H]1O)C1(O)CCOCC1)N1CCCCC1. The number of carbonyl (C=O) groups is 1. The minimum absolute atomic E-state index is 0.0619. The first-order valence-electron chi connectivity index (χ1n) is 13.6. The Kier molecular flexibility index (Phi) is 9.23. The van der Waals surface area contributed by atoms with Crippen LogP contribution in [0.25, 0.3) is 11.3 Å². The molecule has 5 rings (SSSR count). The number of ether oxygens (including phenoxy) is 2. The number of nitrogens with zero attached hydrogens (tertiary/aromatic N) is 4. The Morgan fingerprint density at radius 1 is 1.10 bits per heavy atom. The normalized spacial score (nSPS) is 29.3. The van der Waals surface area contributed by atoms with Crippen molar-refractivity contribution in [3.05, 3.63) is 35.8 Å². The fourth-order valence-electron chi connectivity index (χ4n) is 5.57. The minimum Gasteiger partial charge on any atom is -0.394 e. The van der Waals surface area contributed by atoms with Crippen LogP contribution in [0.2, 0.25) is 0 Å². The Hall–Kier alpha value is -2.27. The van der Waals surface area contributed by atoms with Crippen LogP contribution in [0.5, 0.6) is 0 Å². The van der Waals surface area contributed by atoms with Gasteiger partial charge in [-0.1, -0.05) is 5.21 Å². The Bertz CT molecular complexity index is 1200. The van der Waals surface area contributed by atoms with E-state index < -0.39 is 64.7 Å². The fraction of sp³-hybridized carbons (Fsp3) is 0.654. The number of amides is 1. The van der Waals surface area contributed by atoms with E-state index in [9.17, 15) is 38.4 Å². The van der Waals surface area contributed by atoms with E-state index in [1.54, 1.807) is 4.90 Å². The molecule has 1 amide bonds. The maximum absolute atomic E-state index is 13.8. The predicted octanol–water partition coefficient (Wildman–Crippen LogP) is 0.998. The van der Waals surface area contributed by atoms with Crippen molar-refractivity contribution >= 4 is 17.7 Å². The molecule has 0 unspecified atom stereocenters. The quantitative estimate of drug-likeness (QED) is 0.338. The molecule has 3 aliphatic rings. The average Bonchev–Trinajstić information content (AvgIpc) is 3.45. The molecule has 2 aromatic rings. The molecule has 11 nitrogen and oxygen atoms in total. The lowest BCUT2D eigenvalue weighted by Gasteiger charge is -2.46. The molecule has 4 N–H and O–H groups in total. The molecule has 6 atom stereocenters. The first kappa shape index (κ1) is 30.2. The number of hydrogen-bond acceptors (Lipinski definition) is 10. The summed E-state index contributed by atoms with van der Waals surface area (Å²) in [7, 11) is 0. The number of piperidine rings is 1. The summed E-state index contributed by atoms with van der Waals surface area (Å²) in [4.78, 5) is 15.4. The molecule has 1 aromatic heterocycles. The molecule has 0 bridgehead atoms. The van der Waals surface area contributed by atoms with Crippen LogP contribution in [0.1, 0.15) is 38.1 Å². The number of thioether (sulfide) groups is 1. The van der Waals surface area contributed by atoms with E-state index in [1.807, 2.05) is 0 Å². The van der Waals surface area contributed by atoms with Crippen molar-refractivity contribution in [2.45, 2.75) is 72.7 Å². The highest BCUT2D eigenvalue weighted by molar-refractivity contribution is 8.01. The van der Waals surface area contributed by atoms with Gasteiger partial charge < -0.3 is 34.8 Å². The van der Waals surface area contributed by atoms with E-state index in [-0.39, 0.29) is 43.2 Å². The Morgan fingerprint density at radius 3 is 2.39 bits per heavy atom. The Morgan fingerprint density at radius 2 is 1.76 bits per heavy atom. The molecule has 3 saturated heterocycles. The van der Waals surface area contributed by atoms with Crippen LogP contribution in [0.3, 0.4) is 0 Å². The third-order valence-corrected chi connectivity index (χ3v) is 9.52. The molecule has 0 saturated carbocycles. The first-order chi connectivity index (χ1) is 19.6. The highest BCUT2D eigenvalue weighted by Gasteiger charge is 2.52. The topological polar surface area (TPSA) is 150 Å². The molecule has 0 spiro atoms. The minimum atomic E-state index is -1.64. The van der Waals surface area contributed by atoms with E-state index >= 15 is 0 Å². The van der Waals surface area contributed by atoms with Gasteiger partial charge in [-0.15, -0.1) is 16.9 Å². The summed E-state index contributed by atoms with van der Waals surface area (Å²) < 4.78 is 53.4. The number of likely N-dealkylation sites (tertiary alicyclic amines) is 1. The van der Waals surface area contributed by atoms with Crippen LogP contribution in [0, 0.1) is 17.5 Å². The Balaban J connectivity index is 1.43. The van der Waals surface area contributed by atoms with Crippen LogP contribution in [-0.4, -0.2) is 114 Å². The van der Waals surface area contributed by atoms with Gasteiger partial charge in [-0.3, -0.25) is 4.79 Å². The highest BCUT2D eigenvalue weighted by atomic mass is 32.2. The van der Waals surface area contributed by atoms with Gasteiger partial charge in [-0.25, -0.2) is 17.9 Å². The zero-order valence-electron chi connectivity index (χ0n) is 22.1. The van der Waals surface area contributed by atoms with Crippen LogP contribution in [0.4, 0.5) is 13.2 Å². The second-order valence-electron chi connectivity index (χ2n) is 10.7. The number of halogens is 3. The molecule has 1 aromatic carbocycles. The van der Waals surface area contributed by atoms with Crippen molar-refractivity contribution in [3.8, 4) is 11.3 Å². The summed E-state index contributed by atoms with van der Waals surface area (Å²) >= 11 is 0.916. The maximum Gasteiger partial charge on any atom is 0.238 e. The van der Waals surface area contributed by atoms with Gasteiger partial charge in [0.2, 0.25) is 5.91 Å². The largest absolute Gasteiger partial charge is 0.394 e. The lowest BCUT2D eigenvalue weighted by molar-refractivity contribution is -0.179. The standard InChI is InChI=1S/C26H33F3N4O7S/c27-15-10-14(11-16(28)19(15)29)17-12-33(31-30-17)20-21(35)18(13-34)40-25(22(20)36)41-23(26(38)4-8-39-9-5-26)24(37)32-6-2-1-3-7-32/h10-12,18,20-23,25,34-36,38H,1-9,13H2/t18-,20+,21+,22-,23+,25+/m1/s1. The molecule has 41 heavy (non-hydrogen) atoms. The van der Waals surface area contributed by atoms with Crippen LogP contribution < -0.4 is 0 Å². The first-order valence-corrected chi connectivity index (χ1v) is 14.5. The number of benzene rings is 1. The molecule has 3 fully saturated rings. The van der Waals surface area contributed by atoms with Crippen molar-refractivity contribution < 1.29 is 47.9 Å². The fourth-order valence-corrected chi connectivity index (χ4v) is 7.12. The van der Waals surface area contributed by atoms with E-state index in [1.165, 1.54) is 6.20 Å². The van der Waals surface area contributed by atoms with Gasteiger partial charge in [0.1, 0.15) is 40.7 Å². The number of aliphatic hydroxyl groups is 4.